The van der Waals surface area contributed by atoms with Crippen LogP contribution < -0.4 is 15.8 Å². The van der Waals surface area contributed by atoms with E-state index in [0.717, 1.165) is 11.3 Å². The highest BCUT2D eigenvalue weighted by Gasteiger charge is 2.17. The van der Waals surface area contributed by atoms with E-state index < -0.39 is 6.04 Å². The monoisotopic (exact) mass is 292 g/mol. The molecule has 0 radical (unpaired) electrons. The van der Waals surface area contributed by atoms with Gasteiger partial charge in [0, 0.05) is 0 Å². The van der Waals surface area contributed by atoms with Crippen molar-refractivity contribution in [1.29, 1.82) is 0 Å². The summed E-state index contributed by atoms with van der Waals surface area (Å²) < 4.78 is 5.67. The third-order valence-corrected chi connectivity index (χ3v) is 3.15. The Morgan fingerprint density at radius 2 is 1.90 bits per heavy atom. The fourth-order valence-corrected chi connectivity index (χ4v) is 2.15. The highest BCUT2D eigenvalue weighted by molar-refractivity contribution is 5.81. The molecule has 0 fully saturated rings. The van der Waals surface area contributed by atoms with Crippen LogP contribution in [0, 0.1) is 5.92 Å². The Morgan fingerprint density at radius 3 is 2.48 bits per heavy atom. The van der Waals surface area contributed by atoms with Gasteiger partial charge in [-0.15, -0.1) is 0 Å². The summed E-state index contributed by atoms with van der Waals surface area (Å²) in [5.74, 6) is 1.12. The van der Waals surface area contributed by atoms with Gasteiger partial charge in [-0.3, -0.25) is 4.79 Å². The quantitative estimate of drug-likeness (QED) is 0.812. The number of benzene rings is 1. The summed E-state index contributed by atoms with van der Waals surface area (Å²) >= 11 is 0. The van der Waals surface area contributed by atoms with Gasteiger partial charge in [0.1, 0.15) is 5.75 Å². The first-order valence-electron chi connectivity index (χ1n) is 7.62. The maximum Gasteiger partial charge on any atom is 0.237 e. The van der Waals surface area contributed by atoms with Crippen molar-refractivity contribution in [2.75, 3.05) is 0 Å². The van der Waals surface area contributed by atoms with Crippen LogP contribution in [0.1, 0.15) is 52.6 Å². The third-order valence-electron chi connectivity index (χ3n) is 3.15. The summed E-state index contributed by atoms with van der Waals surface area (Å²) in [4.78, 5) is 12.1. The van der Waals surface area contributed by atoms with Gasteiger partial charge in [0.15, 0.2) is 0 Å². The molecule has 3 N–H and O–H groups in total. The Labute approximate surface area is 128 Å². The molecule has 0 bridgehead atoms. The van der Waals surface area contributed by atoms with Gasteiger partial charge in [0.25, 0.3) is 0 Å². The van der Waals surface area contributed by atoms with E-state index in [9.17, 15) is 4.79 Å². The topological polar surface area (TPSA) is 64.4 Å². The highest BCUT2D eigenvalue weighted by Crippen LogP contribution is 2.20. The summed E-state index contributed by atoms with van der Waals surface area (Å²) in [7, 11) is 0. The Morgan fingerprint density at radius 1 is 1.24 bits per heavy atom. The summed E-state index contributed by atoms with van der Waals surface area (Å²) in [6.07, 6.45) is 0.819. The minimum Gasteiger partial charge on any atom is -0.491 e. The van der Waals surface area contributed by atoms with Crippen molar-refractivity contribution in [2.45, 2.75) is 59.2 Å². The van der Waals surface area contributed by atoms with Crippen LogP contribution in [0.4, 0.5) is 0 Å². The van der Waals surface area contributed by atoms with E-state index in [-0.39, 0.29) is 18.1 Å². The van der Waals surface area contributed by atoms with E-state index >= 15 is 0 Å². The van der Waals surface area contributed by atoms with Crippen LogP contribution in [0.15, 0.2) is 24.3 Å². The van der Waals surface area contributed by atoms with Crippen LogP contribution in [0.3, 0.4) is 0 Å². The van der Waals surface area contributed by atoms with Crippen LogP contribution in [0.2, 0.25) is 0 Å². The van der Waals surface area contributed by atoms with Crippen LogP contribution in [0.25, 0.3) is 0 Å². The number of nitrogens with one attached hydrogen (secondary N) is 1. The third kappa shape index (κ3) is 6.17. The lowest BCUT2D eigenvalue weighted by Gasteiger charge is -2.20. The van der Waals surface area contributed by atoms with Crippen molar-refractivity contribution < 1.29 is 9.53 Å². The van der Waals surface area contributed by atoms with E-state index in [2.05, 4.69) is 19.2 Å². The number of nitrogens with two attached hydrogens (primary N) is 1. The van der Waals surface area contributed by atoms with Crippen molar-refractivity contribution >= 4 is 5.91 Å². The molecule has 1 aromatic carbocycles. The molecule has 0 aromatic heterocycles. The molecule has 118 valence electrons. The average molecular weight is 292 g/mol. The largest absolute Gasteiger partial charge is 0.491 e. The lowest BCUT2D eigenvalue weighted by atomic mass is 10.0. The molecular formula is C17H28N2O2. The summed E-state index contributed by atoms with van der Waals surface area (Å²) in [6, 6.07) is 7.24. The summed E-state index contributed by atoms with van der Waals surface area (Å²) in [5, 5.41) is 2.96. The maximum atomic E-state index is 12.1. The minimum atomic E-state index is -0.456. The van der Waals surface area contributed by atoms with E-state index in [4.69, 9.17) is 10.5 Å². The van der Waals surface area contributed by atoms with Gasteiger partial charge in [0.05, 0.1) is 18.2 Å². The van der Waals surface area contributed by atoms with E-state index in [0.29, 0.717) is 12.3 Å². The molecular weight excluding hydrogens is 264 g/mol. The van der Waals surface area contributed by atoms with Crippen LogP contribution in [-0.2, 0) is 4.79 Å². The minimum absolute atomic E-state index is 0.0913. The predicted octanol–water partition coefficient (Wildman–Crippen LogP) is 3.02. The molecule has 0 aliphatic carbocycles. The van der Waals surface area contributed by atoms with Gasteiger partial charge >= 0.3 is 0 Å². The number of amides is 1. The molecule has 0 aliphatic heterocycles. The zero-order valence-corrected chi connectivity index (χ0v) is 13.7. The second-order valence-electron chi connectivity index (χ2n) is 6.21. The molecule has 0 heterocycles. The molecule has 4 nitrogen and oxygen atoms in total. The second kappa shape index (κ2) is 8.03. The zero-order valence-electron chi connectivity index (χ0n) is 13.7. The molecule has 0 spiro atoms. The molecule has 0 aliphatic rings. The number of carbonyl (C=O) groups excluding carboxylic acids is 1. The molecule has 4 heteroatoms. The predicted molar refractivity (Wildman–Crippen MR) is 86.2 cm³/mol. The van der Waals surface area contributed by atoms with Gasteiger partial charge in [-0.25, -0.2) is 0 Å². The van der Waals surface area contributed by atoms with Crippen LogP contribution >= 0.6 is 0 Å². The first-order valence-corrected chi connectivity index (χ1v) is 7.62. The van der Waals surface area contributed by atoms with Crippen LogP contribution in [-0.4, -0.2) is 18.1 Å². The Balaban J connectivity index is 2.66. The fraction of sp³-hybridized carbons (Fsp3) is 0.588. The van der Waals surface area contributed by atoms with Gasteiger partial charge in [-0.2, -0.15) is 0 Å². The molecule has 2 unspecified atom stereocenters. The SMILES string of the molecule is CC(C)CC(N)C(=O)NC(C)c1cccc(OC(C)C)c1. The number of ether oxygens (including phenoxy) is 1. The molecule has 1 aromatic rings. The second-order valence-corrected chi connectivity index (χ2v) is 6.21. The van der Waals surface area contributed by atoms with Crippen molar-refractivity contribution in [3.63, 3.8) is 0 Å². The zero-order chi connectivity index (χ0) is 16.0. The first-order chi connectivity index (χ1) is 9.79. The molecule has 2 atom stereocenters. The molecule has 0 saturated heterocycles. The molecule has 1 amide bonds. The summed E-state index contributed by atoms with van der Waals surface area (Å²) in [6.45, 7) is 10.0. The smallest absolute Gasteiger partial charge is 0.237 e. The highest BCUT2D eigenvalue weighted by atomic mass is 16.5. The van der Waals surface area contributed by atoms with Gasteiger partial charge in [-0.1, -0.05) is 26.0 Å². The Bertz CT molecular complexity index is 458. The van der Waals surface area contributed by atoms with Crippen molar-refractivity contribution in [1.82, 2.24) is 5.32 Å². The lowest BCUT2D eigenvalue weighted by Crippen LogP contribution is -2.42. The lowest BCUT2D eigenvalue weighted by molar-refractivity contribution is -0.123. The number of rotatable bonds is 7. The van der Waals surface area contributed by atoms with Crippen molar-refractivity contribution in [2.24, 2.45) is 11.7 Å². The molecule has 1 rings (SSSR count). The number of carbonyl (C=O) groups is 1. The average Bonchev–Trinajstić information content (AvgIpc) is 2.37. The Hall–Kier alpha value is -1.55. The van der Waals surface area contributed by atoms with E-state index in [1.807, 2.05) is 45.0 Å². The van der Waals surface area contributed by atoms with Gasteiger partial charge in [-0.05, 0) is 50.8 Å². The van der Waals surface area contributed by atoms with Crippen molar-refractivity contribution in [3.05, 3.63) is 29.8 Å². The standard InChI is InChI=1S/C17H28N2O2/c1-11(2)9-16(18)17(20)19-13(5)14-7-6-8-15(10-14)21-12(3)4/h6-8,10-13,16H,9,18H2,1-5H3,(H,19,20). The maximum absolute atomic E-state index is 12.1. The van der Waals surface area contributed by atoms with Gasteiger partial charge in [0.2, 0.25) is 5.91 Å². The Kier molecular flexibility index (Phi) is 6.69. The van der Waals surface area contributed by atoms with E-state index in [1.165, 1.54) is 0 Å². The number of hydrogen-bond donors (Lipinski definition) is 2. The molecule has 0 saturated carbocycles. The first kappa shape index (κ1) is 17.5. The van der Waals surface area contributed by atoms with Crippen LogP contribution in [0.5, 0.6) is 5.75 Å². The normalized spacial score (nSPS) is 14.1. The van der Waals surface area contributed by atoms with Crippen molar-refractivity contribution in [3.8, 4) is 5.75 Å². The van der Waals surface area contributed by atoms with Gasteiger partial charge < -0.3 is 15.8 Å². The number of hydrogen-bond acceptors (Lipinski definition) is 3. The summed E-state index contributed by atoms with van der Waals surface area (Å²) in [5.41, 5.74) is 6.92. The fourth-order valence-electron chi connectivity index (χ4n) is 2.15. The molecule has 21 heavy (non-hydrogen) atoms. The van der Waals surface area contributed by atoms with E-state index in [1.54, 1.807) is 0 Å².